The Morgan fingerprint density at radius 2 is 1.76 bits per heavy atom. The van der Waals surface area contributed by atoms with Crippen molar-refractivity contribution in [2.75, 3.05) is 13.1 Å². The van der Waals surface area contributed by atoms with Gasteiger partial charge in [0.15, 0.2) is 0 Å². The summed E-state index contributed by atoms with van der Waals surface area (Å²) >= 11 is 0. The Hall–Kier alpha value is -1.83. The molecular weight excluding hydrogens is 294 g/mol. The molecule has 1 aromatic rings. The first-order valence-electron chi connectivity index (χ1n) is 6.20. The van der Waals surface area contributed by atoms with Gasteiger partial charge in [-0.15, -0.1) is 0 Å². The fourth-order valence-corrected chi connectivity index (χ4v) is 1.86. The van der Waals surface area contributed by atoms with Gasteiger partial charge in [0.1, 0.15) is 11.6 Å². The van der Waals surface area contributed by atoms with Gasteiger partial charge in [0.2, 0.25) is 0 Å². The van der Waals surface area contributed by atoms with Gasteiger partial charge in [-0.1, -0.05) is 0 Å². The highest BCUT2D eigenvalue weighted by atomic mass is 19.4. The zero-order valence-corrected chi connectivity index (χ0v) is 11.0. The normalized spacial score (nSPS) is 15.4. The van der Waals surface area contributed by atoms with Gasteiger partial charge in [-0.25, -0.2) is 9.18 Å². The average molecular weight is 309 g/mol. The molecule has 118 valence electrons. The van der Waals surface area contributed by atoms with Crippen LogP contribution < -0.4 is 0 Å². The molecule has 0 amide bonds. The van der Waals surface area contributed by atoms with E-state index in [1.807, 2.05) is 0 Å². The summed E-state index contributed by atoms with van der Waals surface area (Å²) in [5.41, 5.74) is 0.687. The van der Waals surface area contributed by atoms with Crippen molar-refractivity contribution < 1.29 is 32.6 Å². The highest BCUT2D eigenvalue weighted by Gasteiger charge is 2.38. The summed E-state index contributed by atoms with van der Waals surface area (Å²) in [6.07, 6.45) is -2.67. The summed E-state index contributed by atoms with van der Waals surface area (Å²) in [7, 11) is 0. The Balaban J connectivity index is 0.000000270. The summed E-state index contributed by atoms with van der Waals surface area (Å²) in [6, 6.07) is 4.11. The minimum absolute atomic E-state index is 0.193. The summed E-state index contributed by atoms with van der Waals surface area (Å²) in [6.45, 7) is 2.76. The zero-order chi connectivity index (χ0) is 16.0. The van der Waals surface area contributed by atoms with Crippen LogP contribution in [0.5, 0.6) is 5.75 Å². The first kappa shape index (κ1) is 17.2. The van der Waals surface area contributed by atoms with E-state index in [-0.39, 0.29) is 11.6 Å². The van der Waals surface area contributed by atoms with Crippen LogP contribution in [0, 0.1) is 5.82 Å². The molecule has 21 heavy (non-hydrogen) atoms. The van der Waals surface area contributed by atoms with Crippen LogP contribution >= 0.6 is 0 Å². The highest BCUT2D eigenvalue weighted by Crippen LogP contribution is 2.21. The van der Waals surface area contributed by atoms with Crippen LogP contribution in [0.1, 0.15) is 18.4 Å². The van der Waals surface area contributed by atoms with Crippen LogP contribution in [-0.2, 0) is 11.3 Å². The number of carbonyl (C=O) groups is 1. The van der Waals surface area contributed by atoms with Crippen LogP contribution in [0.2, 0.25) is 0 Å². The lowest BCUT2D eigenvalue weighted by atomic mass is 10.2. The second kappa shape index (κ2) is 7.26. The van der Waals surface area contributed by atoms with Crippen molar-refractivity contribution >= 4 is 5.97 Å². The SMILES string of the molecule is O=C(O)C(F)(F)F.Oc1ccc(F)cc1CN1CCCC1. The van der Waals surface area contributed by atoms with E-state index >= 15 is 0 Å². The molecule has 8 heteroatoms. The van der Waals surface area contributed by atoms with Crippen molar-refractivity contribution in [1.82, 2.24) is 4.90 Å². The number of phenolic OH excluding ortho intramolecular Hbond substituents is 1. The minimum atomic E-state index is -5.08. The Kier molecular flexibility index (Phi) is 5.95. The third-order valence-electron chi connectivity index (χ3n) is 2.88. The highest BCUT2D eigenvalue weighted by molar-refractivity contribution is 5.73. The van der Waals surface area contributed by atoms with Crippen molar-refractivity contribution in [3.63, 3.8) is 0 Å². The first-order chi connectivity index (χ1) is 9.70. The van der Waals surface area contributed by atoms with E-state index in [0.717, 1.165) is 13.1 Å². The van der Waals surface area contributed by atoms with Crippen LogP contribution in [0.15, 0.2) is 18.2 Å². The number of likely N-dealkylation sites (tertiary alicyclic amines) is 1. The van der Waals surface area contributed by atoms with Crippen LogP contribution in [0.3, 0.4) is 0 Å². The minimum Gasteiger partial charge on any atom is -0.508 e. The lowest BCUT2D eigenvalue weighted by molar-refractivity contribution is -0.192. The van der Waals surface area contributed by atoms with E-state index in [2.05, 4.69) is 4.90 Å². The van der Waals surface area contributed by atoms with Gasteiger partial charge in [0, 0.05) is 12.1 Å². The summed E-state index contributed by atoms with van der Waals surface area (Å²) in [5, 5.41) is 16.6. The molecule has 0 unspecified atom stereocenters. The topological polar surface area (TPSA) is 60.8 Å². The summed E-state index contributed by atoms with van der Waals surface area (Å²) in [4.78, 5) is 11.1. The van der Waals surface area contributed by atoms with Gasteiger partial charge in [-0.3, -0.25) is 4.90 Å². The molecule has 1 aliphatic rings. The quantitative estimate of drug-likeness (QED) is 0.825. The second-order valence-electron chi connectivity index (χ2n) is 4.56. The van der Waals surface area contributed by atoms with E-state index in [1.165, 1.54) is 31.0 Å². The van der Waals surface area contributed by atoms with Gasteiger partial charge < -0.3 is 10.2 Å². The molecule has 0 atom stereocenters. The Bertz CT molecular complexity index is 485. The molecule has 0 aliphatic carbocycles. The van der Waals surface area contributed by atoms with Crippen molar-refractivity contribution in [3.05, 3.63) is 29.6 Å². The Labute approximate surface area is 118 Å². The van der Waals surface area contributed by atoms with Crippen molar-refractivity contribution in [3.8, 4) is 5.75 Å². The van der Waals surface area contributed by atoms with E-state index in [1.54, 1.807) is 0 Å². The molecule has 1 saturated heterocycles. The molecule has 2 rings (SSSR count). The molecule has 2 N–H and O–H groups in total. The second-order valence-corrected chi connectivity index (χ2v) is 4.56. The van der Waals surface area contributed by atoms with Crippen LogP contribution in [0.25, 0.3) is 0 Å². The number of alkyl halides is 3. The van der Waals surface area contributed by atoms with E-state index in [9.17, 15) is 22.7 Å². The van der Waals surface area contributed by atoms with Crippen molar-refractivity contribution in [2.24, 2.45) is 0 Å². The molecular formula is C13H15F4NO3. The third kappa shape index (κ3) is 5.99. The molecule has 0 spiro atoms. The standard InChI is InChI=1S/C11H14FNO.C2HF3O2/c12-10-3-4-11(14)9(7-10)8-13-5-1-2-6-13;3-2(4,5)1(6)7/h3-4,7,14H,1-2,5-6,8H2;(H,6,7). The maximum Gasteiger partial charge on any atom is 0.490 e. The van der Waals surface area contributed by atoms with Crippen molar-refractivity contribution in [1.29, 1.82) is 0 Å². The number of hydrogen-bond donors (Lipinski definition) is 2. The number of aromatic hydroxyl groups is 1. The molecule has 0 radical (unpaired) electrons. The molecule has 0 saturated carbocycles. The number of nitrogens with zero attached hydrogens (tertiary/aromatic N) is 1. The molecule has 0 bridgehead atoms. The Morgan fingerprint density at radius 1 is 1.24 bits per heavy atom. The van der Waals surface area contributed by atoms with Gasteiger partial charge in [0.05, 0.1) is 0 Å². The van der Waals surface area contributed by atoms with Crippen molar-refractivity contribution in [2.45, 2.75) is 25.6 Å². The molecule has 1 heterocycles. The molecule has 1 aromatic carbocycles. The van der Waals surface area contributed by atoms with Gasteiger partial charge in [-0.05, 0) is 44.1 Å². The van der Waals surface area contributed by atoms with E-state index < -0.39 is 12.1 Å². The third-order valence-corrected chi connectivity index (χ3v) is 2.88. The number of halogens is 4. The molecule has 4 nitrogen and oxygen atoms in total. The lowest BCUT2D eigenvalue weighted by Crippen LogP contribution is -2.21. The summed E-state index contributed by atoms with van der Waals surface area (Å²) in [5.74, 6) is -2.84. The molecule has 1 fully saturated rings. The predicted octanol–water partition coefficient (Wildman–Crippen LogP) is 2.76. The van der Waals surface area contributed by atoms with Crippen LogP contribution in [-0.4, -0.2) is 40.3 Å². The largest absolute Gasteiger partial charge is 0.508 e. The smallest absolute Gasteiger partial charge is 0.490 e. The zero-order valence-electron chi connectivity index (χ0n) is 11.0. The van der Waals surface area contributed by atoms with Crippen LogP contribution in [0.4, 0.5) is 17.6 Å². The molecule has 0 aromatic heterocycles. The maximum absolute atomic E-state index is 12.9. The number of carboxylic acid groups (broad SMARTS) is 1. The first-order valence-corrected chi connectivity index (χ1v) is 6.20. The monoisotopic (exact) mass is 309 g/mol. The van der Waals surface area contributed by atoms with E-state index in [0.29, 0.717) is 12.1 Å². The number of hydrogen-bond acceptors (Lipinski definition) is 3. The fourth-order valence-electron chi connectivity index (χ4n) is 1.86. The van der Waals surface area contributed by atoms with E-state index in [4.69, 9.17) is 9.90 Å². The Morgan fingerprint density at radius 3 is 2.24 bits per heavy atom. The van der Waals surface area contributed by atoms with Gasteiger partial charge in [0.25, 0.3) is 0 Å². The van der Waals surface area contributed by atoms with Gasteiger partial charge in [-0.2, -0.15) is 13.2 Å². The predicted molar refractivity (Wildman–Crippen MR) is 66.3 cm³/mol. The number of rotatable bonds is 2. The molecule has 1 aliphatic heterocycles. The fraction of sp³-hybridized carbons (Fsp3) is 0.462. The number of phenols is 1. The number of carboxylic acids is 1. The average Bonchev–Trinajstić information content (AvgIpc) is 2.86. The summed E-state index contributed by atoms with van der Waals surface area (Å²) < 4.78 is 44.6. The lowest BCUT2D eigenvalue weighted by Gasteiger charge is -2.15. The van der Waals surface area contributed by atoms with Gasteiger partial charge >= 0.3 is 12.1 Å². The number of benzene rings is 1. The maximum atomic E-state index is 12.9. The number of aliphatic carboxylic acids is 1.